The Morgan fingerprint density at radius 3 is 3.06 bits per heavy atom. The molecule has 1 saturated carbocycles. The molecule has 1 aliphatic heterocycles. The maximum atomic E-state index is 12.2. The molecule has 1 aliphatic carbocycles. The molecule has 0 unspecified atom stereocenters. The number of carbonyl (C=O) groups excluding carboxylic acids is 1. The van der Waals surface area contributed by atoms with E-state index >= 15 is 0 Å². The normalized spacial score (nSPS) is 28.3. The molecular weight excluding hydrogens is 250 g/mol. The number of anilines is 1. The third-order valence-corrected chi connectivity index (χ3v) is 4.20. The molecule has 2 aromatic rings. The van der Waals surface area contributed by atoms with Crippen LogP contribution in [0.3, 0.4) is 0 Å². The van der Waals surface area contributed by atoms with E-state index in [0.29, 0.717) is 5.02 Å². The van der Waals surface area contributed by atoms with Gasteiger partial charge in [0.2, 0.25) is 5.91 Å². The van der Waals surface area contributed by atoms with Crippen molar-refractivity contribution in [2.24, 2.45) is 0 Å². The molecule has 0 saturated heterocycles. The highest BCUT2D eigenvalue weighted by molar-refractivity contribution is 6.31. The van der Waals surface area contributed by atoms with Gasteiger partial charge in [0.25, 0.3) is 0 Å². The van der Waals surface area contributed by atoms with E-state index in [9.17, 15) is 4.79 Å². The van der Waals surface area contributed by atoms with Gasteiger partial charge in [-0.15, -0.1) is 0 Å². The predicted molar refractivity (Wildman–Crippen MR) is 67.8 cm³/mol. The van der Waals surface area contributed by atoms with E-state index in [4.69, 9.17) is 16.0 Å². The summed E-state index contributed by atoms with van der Waals surface area (Å²) in [4.78, 5) is 12.2. The molecule has 1 spiro atoms. The fraction of sp³-hybridized carbons (Fsp3) is 0.214. The van der Waals surface area contributed by atoms with Crippen molar-refractivity contribution < 1.29 is 9.21 Å². The Hall–Kier alpha value is -1.74. The summed E-state index contributed by atoms with van der Waals surface area (Å²) >= 11 is 6.04. The van der Waals surface area contributed by atoms with Gasteiger partial charge in [-0.3, -0.25) is 4.79 Å². The van der Waals surface area contributed by atoms with Gasteiger partial charge in [0.1, 0.15) is 5.76 Å². The van der Waals surface area contributed by atoms with Gasteiger partial charge in [-0.1, -0.05) is 11.6 Å². The van der Waals surface area contributed by atoms with Gasteiger partial charge in [0, 0.05) is 16.6 Å². The number of amides is 1. The topological polar surface area (TPSA) is 42.2 Å². The lowest BCUT2D eigenvalue weighted by Gasteiger charge is -2.07. The minimum absolute atomic E-state index is 0.0566. The number of furan rings is 1. The second-order valence-corrected chi connectivity index (χ2v) is 5.32. The van der Waals surface area contributed by atoms with Crippen LogP contribution >= 0.6 is 11.6 Å². The first-order chi connectivity index (χ1) is 8.72. The molecule has 4 heteroatoms. The quantitative estimate of drug-likeness (QED) is 0.854. The van der Waals surface area contributed by atoms with Crippen LogP contribution in [-0.2, 0) is 10.2 Å². The van der Waals surface area contributed by atoms with E-state index in [2.05, 4.69) is 5.32 Å². The van der Waals surface area contributed by atoms with Crippen LogP contribution in [-0.4, -0.2) is 5.91 Å². The van der Waals surface area contributed by atoms with Crippen molar-refractivity contribution in [3.05, 3.63) is 52.9 Å². The first-order valence-corrected chi connectivity index (χ1v) is 6.24. The Bertz CT molecular complexity index is 650. The summed E-state index contributed by atoms with van der Waals surface area (Å²) in [6, 6.07) is 9.33. The van der Waals surface area contributed by atoms with Crippen LogP contribution in [0.4, 0.5) is 5.69 Å². The number of fused-ring (bicyclic) bond motifs is 2. The molecule has 3 nitrogen and oxygen atoms in total. The van der Waals surface area contributed by atoms with E-state index in [0.717, 1.165) is 23.4 Å². The van der Waals surface area contributed by atoms with Crippen LogP contribution < -0.4 is 5.32 Å². The van der Waals surface area contributed by atoms with Crippen LogP contribution in [0, 0.1) is 0 Å². The van der Waals surface area contributed by atoms with Gasteiger partial charge in [-0.25, -0.2) is 0 Å². The summed E-state index contributed by atoms with van der Waals surface area (Å²) in [7, 11) is 0. The SMILES string of the molecule is O=C1Nc2ccc(Cl)cc2[C@@]12C[C@@H]2c1ccco1. The fourth-order valence-corrected chi connectivity index (χ4v) is 3.17. The number of halogens is 1. The summed E-state index contributed by atoms with van der Waals surface area (Å²) < 4.78 is 5.42. The van der Waals surface area contributed by atoms with E-state index < -0.39 is 5.41 Å². The van der Waals surface area contributed by atoms with Crippen molar-refractivity contribution in [2.75, 3.05) is 5.32 Å². The molecule has 4 rings (SSSR count). The molecule has 90 valence electrons. The first kappa shape index (κ1) is 10.2. The Kier molecular flexibility index (Phi) is 1.80. The Labute approximate surface area is 109 Å². The number of hydrogen-bond donors (Lipinski definition) is 1. The molecule has 18 heavy (non-hydrogen) atoms. The summed E-state index contributed by atoms with van der Waals surface area (Å²) in [6.45, 7) is 0. The minimum atomic E-state index is -0.460. The fourth-order valence-electron chi connectivity index (χ4n) is 3.00. The van der Waals surface area contributed by atoms with Gasteiger partial charge >= 0.3 is 0 Å². The zero-order valence-corrected chi connectivity index (χ0v) is 10.2. The zero-order chi connectivity index (χ0) is 12.3. The number of benzene rings is 1. The molecule has 2 atom stereocenters. The van der Waals surface area contributed by atoms with E-state index in [-0.39, 0.29) is 11.8 Å². The molecule has 2 aliphatic rings. The second kappa shape index (κ2) is 3.18. The lowest BCUT2D eigenvalue weighted by molar-refractivity contribution is -0.118. The largest absolute Gasteiger partial charge is 0.469 e. The smallest absolute Gasteiger partial charge is 0.235 e. The standard InChI is InChI=1S/C14H10ClNO2/c15-8-3-4-11-9(6-8)14(13(17)16-11)7-10(14)12-2-1-5-18-12/h1-6,10H,7H2,(H,16,17)/t10-,14-/m1/s1. The molecule has 1 aromatic heterocycles. The summed E-state index contributed by atoms with van der Waals surface area (Å²) in [6.07, 6.45) is 2.44. The molecule has 1 N–H and O–H groups in total. The lowest BCUT2D eigenvalue weighted by atomic mass is 9.94. The van der Waals surface area contributed by atoms with Crippen molar-refractivity contribution in [2.45, 2.75) is 17.8 Å². The first-order valence-electron chi connectivity index (χ1n) is 5.87. The average molecular weight is 260 g/mol. The number of carbonyl (C=O) groups is 1. The van der Waals surface area contributed by atoms with Gasteiger partial charge in [0.05, 0.1) is 11.7 Å². The molecular formula is C14H10ClNO2. The number of hydrogen-bond acceptors (Lipinski definition) is 2. The van der Waals surface area contributed by atoms with Crippen molar-refractivity contribution >= 4 is 23.2 Å². The zero-order valence-electron chi connectivity index (χ0n) is 9.44. The van der Waals surface area contributed by atoms with E-state index in [1.165, 1.54) is 0 Å². The van der Waals surface area contributed by atoms with Gasteiger partial charge in [-0.05, 0) is 42.3 Å². The van der Waals surface area contributed by atoms with Crippen LogP contribution in [0.2, 0.25) is 5.02 Å². The third kappa shape index (κ3) is 1.12. The number of rotatable bonds is 1. The van der Waals surface area contributed by atoms with Gasteiger partial charge in [-0.2, -0.15) is 0 Å². The van der Waals surface area contributed by atoms with Crippen molar-refractivity contribution in [1.82, 2.24) is 0 Å². The van der Waals surface area contributed by atoms with Crippen LogP contribution in [0.1, 0.15) is 23.7 Å². The van der Waals surface area contributed by atoms with Gasteiger partial charge < -0.3 is 9.73 Å². The Morgan fingerprint density at radius 1 is 1.39 bits per heavy atom. The van der Waals surface area contributed by atoms with Crippen molar-refractivity contribution in [1.29, 1.82) is 0 Å². The summed E-state index contributed by atoms with van der Waals surface area (Å²) in [5, 5.41) is 3.59. The third-order valence-electron chi connectivity index (χ3n) is 3.96. The molecule has 1 amide bonds. The highest BCUT2D eigenvalue weighted by Gasteiger charge is 2.66. The lowest BCUT2D eigenvalue weighted by Crippen LogP contribution is -2.20. The van der Waals surface area contributed by atoms with E-state index in [1.54, 1.807) is 12.3 Å². The van der Waals surface area contributed by atoms with E-state index in [1.807, 2.05) is 24.3 Å². The second-order valence-electron chi connectivity index (χ2n) is 4.89. The summed E-state index contributed by atoms with van der Waals surface area (Å²) in [5.74, 6) is 1.06. The van der Waals surface area contributed by atoms with Crippen LogP contribution in [0.25, 0.3) is 0 Å². The Balaban J connectivity index is 1.85. The molecule has 0 radical (unpaired) electrons. The minimum Gasteiger partial charge on any atom is -0.469 e. The number of nitrogens with one attached hydrogen (secondary N) is 1. The molecule has 1 aromatic carbocycles. The maximum Gasteiger partial charge on any atom is 0.235 e. The monoisotopic (exact) mass is 259 g/mol. The molecule has 0 bridgehead atoms. The predicted octanol–water partition coefficient (Wildman–Crippen LogP) is 3.31. The van der Waals surface area contributed by atoms with Crippen LogP contribution in [0.15, 0.2) is 41.0 Å². The van der Waals surface area contributed by atoms with Gasteiger partial charge in [0.15, 0.2) is 0 Å². The molecule has 1 fully saturated rings. The summed E-state index contributed by atoms with van der Waals surface area (Å²) in [5.41, 5.74) is 1.41. The molecule has 2 heterocycles. The van der Waals surface area contributed by atoms with Crippen LogP contribution in [0.5, 0.6) is 0 Å². The van der Waals surface area contributed by atoms with Crippen molar-refractivity contribution in [3.63, 3.8) is 0 Å². The maximum absolute atomic E-state index is 12.2. The Morgan fingerprint density at radius 2 is 2.28 bits per heavy atom. The highest BCUT2D eigenvalue weighted by Crippen LogP contribution is 2.65. The average Bonchev–Trinajstić information content (AvgIpc) is 2.76. The highest BCUT2D eigenvalue weighted by atomic mass is 35.5. The van der Waals surface area contributed by atoms with Crippen molar-refractivity contribution in [3.8, 4) is 0 Å².